The van der Waals surface area contributed by atoms with Crippen molar-refractivity contribution in [3.05, 3.63) is 65.0 Å². The van der Waals surface area contributed by atoms with Gasteiger partial charge in [0.2, 0.25) is 0 Å². The molecule has 0 amide bonds. The van der Waals surface area contributed by atoms with Gasteiger partial charge in [0.25, 0.3) is 5.69 Å². The lowest BCUT2D eigenvalue weighted by Gasteiger charge is -2.15. The van der Waals surface area contributed by atoms with E-state index in [1.54, 1.807) is 0 Å². The maximum atomic E-state index is 12.6. The minimum absolute atomic E-state index is 0.0991. The number of para-hydroxylation sites is 1. The monoisotopic (exact) mass is 350 g/mol. The zero-order valence-corrected chi connectivity index (χ0v) is 12.3. The summed E-state index contributed by atoms with van der Waals surface area (Å²) >= 11 is 0. The maximum Gasteiger partial charge on any atom is 0.573 e. The number of benzene rings is 2. The molecule has 1 aromatic heterocycles. The van der Waals surface area contributed by atoms with Crippen LogP contribution in [0.4, 0.5) is 18.9 Å². The molecule has 0 unspecified atom stereocenters. The first-order valence-corrected chi connectivity index (χ1v) is 6.85. The maximum absolute atomic E-state index is 12.6. The van der Waals surface area contributed by atoms with Crippen LogP contribution in [-0.4, -0.2) is 26.3 Å². The summed E-state index contributed by atoms with van der Waals surface area (Å²) in [6.45, 7) is 0. The molecule has 0 radical (unpaired) electrons. The standard InChI is InChI=1S/C15H9F3N4O3/c16-15(17,18)25-14-4-2-1-3-12(14)11-6-5-10(22(23)24)9-13(11)21-19-7-8-20-21/h1-9H. The van der Waals surface area contributed by atoms with Crippen LogP contribution < -0.4 is 4.74 Å². The van der Waals surface area contributed by atoms with E-state index >= 15 is 0 Å². The van der Waals surface area contributed by atoms with E-state index in [9.17, 15) is 23.3 Å². The Bertz CT molecular complexity index is 911. The first-order valence-electron chi connectivity index (χ1n) is 6.85. The SMILES string of the molecule is O=[N+]([O-])c1ccc(-c2ccccc2OC(F)(F)F)c(-n2nccn2)c1. The highest BCUT2D eigenvalue weighted by Crippen LogP contribution is 2.37. The second kappa shape index (κ2) is 6.23. The highest BCUT2D eigenvalue weighted by Gasteiger charge is 2.32. The first-order chi connectivity index (χ1) is 11.8. The van der Waals surface area contributed by atoms with Crippen molar-refractivity contribution in [2.24, 2.45) is 0 Å². The lowest BCUT2D eigenvalue weighted by atomic mass is 10.0. The zero-order chi connectivity index (χ0) is 18.0. The number of hydrogen-bond acceptors (Lipinski definition) is 5. The molecule has 0 spiro atoms. The third-order valence-electron chi connectivity index (χ3n) is 3.23. The van der Waals surface area contributed by atoms with Gasteiger partial charge in [-0.15, -0.1) is 13.2 Å². The molecule has 1 heterocycles. The van der Waals surface area contributed by atoms with Crippen LogP contribution in [0.1, 0.15) is 0 Å². The molecule has 10 heteroatoms. The minimum atomic E-state index is -4.87. The number of ether oxygens (including phenoxy) is 1. The number of rotatable bonds is 4. The van der Waals surface area contributed by atoms with E-state index in [1.807, 2.05) is 0 Å². The fourth-order valence-electron chi connectivity index (χ4n) is 2.27. The van der Waals surface area contributed by atoms with Crippen molar-refractivity contribution in [1.82, 2.24) is 15.0 Å². The van der Waals surface area contributed by atoms with Gasteiger partial charge in [-0.05, 0) is 12.1 Å². The first kappa shape index (κ1) is 16.4. The minimum Gasteiger partial charge on any atom is -0.405 e. The van der Waals surface area contributed by atoms with Gasteiger partial charge < -0.3 is 4.74 Å². The third-order valence-corrected chi connectivity index (χ3v) is 3.23. The van der Waals surface area contributed by atoms with Crippen LogP contribution in [0.5, 0.6) is 5.75 Å². The van der Waals surface area contributed by atoms with Crippen molar-refractivity contribution >= 4 is 5.69 Å². The number of nitrogens with zero attached hydrogens (tertiary/aromatic N) is 4. The van der Waals surface area contributed by atoms with Gasteiger partial charge in [0.1, 0.15) is 11.4 Å². The van der Waals surface area contributed by atoms with Crippen LogP contribution >= 0.6 is 0 Å². The van der Waals surface area contributed by atoms with Gasteiger partial charge in [0, 0.05) is 23.3 Å². The number of non-ortho nitro benzene ring substituents is 1. The Morgan fingerprint density at radius 1 is 1.04 bits per heavy atom. The fraction of sp³-hybridized carbons (Fsp3) is 0.0667. The van der Waals surface area contributed by atoms with Crippen molar-refractivity contribution in [2.75, 3.05) is 0 Å². The van der Waals surface area contributed by atoms with E-state index < -0.39 is 17.0 Å². The van der Waals surface area contributed by atoms with E-state index in [2.05, 4.69) is 14.9 Å². The average Bonchev–Trinajstić information content (AvgIpc) is 3.07. The summed E-state index contributed by atoms with van der Waals surface area (Å²) < 4.78 is 42.0. The highest BCUT2D eigenvalue weighted by molar-refractivity contribution is 5.78. The molecule has 2 aromatic carbocycles. The van der Waals surface area contributed by atoms with Crippen LogP contribution in [0.15, 0.2) is 54.9 Å². The molecule has 0 aliphatic heterocycles. The Morgan fingerprint density at radius 3 is 2.36 bits per heavy atom. The van der Waals surface area contributed by atoms with Gasteiger partial charge in [-0.25, -0.2) is 0 Å². The third kappa shape index (κ3) is 3.57. The van der Waals surface area contributed by atoms with Gasteiger partial charge >= 0.3 is 6.36 Å². The van der Waals surface area contributed by atoms with Gasteiger partial charge in [0.05, 0.1) is 17.3 Å². The molecular weight excluding hydrogens is 341 g/mol. The molecule has 7 nitrogen and oxygen atoms in total. The largest absolute Gasteiger partial charge is 0.573 e. The quantitative estimate of drug-likeness (QED) is 0.529. The predicted octanol–water partition coefficient (Wildman–Crippen LogP) is 3.74. The Labute approximate surface area is 138 Å². The van der Waals surface area contributed by atoms with Gasteiger partial charge in [-0.3, -0.25) is 10.1 Å². The molecule has 0 aliphatic rings. The molecular formula is C15H9F3N4O3. The summed E-state index contributed by atoms with van der Waals surface area (Å²) in [5.41, 5.74) is 0.256. The zero-order valence-electron chi connectivity index (χ0n) is 12.3. The van der Waals surface area contributed by atoms with Crippen LogP contribution in [0, 0.1) is 10.1 Å². The van der Waals surface area contributed by atoms with E-state index in [0.29, 0.717) is 0 Å². The van der Waals surface area contributed by atoms with E-state index in [1.165, 1.54) is 48.8 Å². The molecule has 3 aromatic rings. The summed E-state index contributed by atoms with van der Waals surface area (Å²) in [6.07, 6.45) is -2.18. The molecule has 0 N–H and O–H groups in total. The predicted molar refractivity (Wildman–Crippen MR) is 80.1 cm³/mol. The highest BCUT2D eigenvalue weighted by atomic mass is 19.4. The summed E-state index contributed by atoms with van der Waals surface area (Å²) in [7, 11) is 0. The van der Waals surface area contributed by atoms with Crippen molar-refractivity contribution in [1.29, 1.82) is 0 Å². The van der Waals surface area contributed by atoms with Gasteiger partial charge in [-0.2, -0.15) is 15.0 Å². The second-order valence-electron chi connectivity index (χ2n) is 4.82. The van der Waals surface area contributed by atoms with E-state index in [4.69, 9.17) is 0 Å². The molecule has 0 atom stereocenters. The van der Waals surface area contributed by atoms with Crippen LogP contribution in [0.3, 0.4) is 0 Å². The summed E-state index contributed by atoms with van der Waals surface area (Å²) in [4.78, 5) is 11.5. The fourth-order valence-corrected chi connectivity index (χ4v) is 2.27. The number of hydrogen-bond donors (Lipinski definition) is 0. The lowest BCUT2D eigenvalue weighted by Crippen LogP contribution is -2.17. The van der Waals surface area contributed by atoms with Crippen molar-refractivity contribution in [3.63, 3.8) is 0 Å². The number of alkyl halides is 3. The molecule has 128 valence electrons. The van der Waals surface area contributed by atoms with Crippen molar-refractivity contribution in [3.8, 4) is 22.6 Å². The number of nitro benzene ring substituents is 1. The average molecular weight is 350 g/mol. The van der Waals surface area contributed by atoms with E-state index in [-0.39, 0.29) is 22.5 Å². The second-order valence-corrected chi connectivity index (χ2v) is 4.82. The molecule has 0 aliphatic carbocycles. The Balaban J connectivity index is 2.20. The van der Waals surface area contributed by atoms with Crippen LogP contribution in [-0.2, 0) is 0 Å². The van der Waals surface area contributed by atoms with Gasteiger partial charge in [0.15, 0.2) is 0 Å². The van der Waals surface area contributed by atoms with Crippen LogP contribution in [0.2, 0.25) is 0 Å². The summed E-state index contributed by atoms with van der Waals surface area (Å²) in [6, 6.07) is 9.18. The van der Waals surface area contributed by atoms with Crippen molar-refractivity contribution < 1.29 is 22.8 Å². The van der Waals surface area contributed by atoms with Crippen molar-refractivity contribution in [2.45, 2.75) is 6.36 Å². The molecule has 0 fully saturated rings. The van der Waals surface area contributed by atoms with E-state index in [0.717, 1.165) is 10.9 Å². The Hall–Kier alpha value is -3.43. The Kier molecular flexibility index (Phi) is 4.09. The van der Waals surface area contributed by atoms with Crippen LogP contribution in [0.25, 0.3) is 16.8 Å². The summed E-state index contributed by atoms with van der Waals surface area (Å²) in [5.74, 6) is -0.433. The lowest BCUT2D eigenvalue weighted by molar-refractivity contribution is -0.384. The normalized spacial score (nSPS) is 11.3. The molecule has 0 saturated carbocycles. The Morgan fingerprint density at radius 2 is 1.72 bits per heavy atom. The number of nitro groups is 1. The molecule has 25 heavy (non-hydrogen) atoms. The topological polar surface area (TPSA) is 83.1 Å². The molecule has 0 bridgehead atoms. The molecule has 0 saturated heterocycles. The summed E-state index contributed by atoms with van der Waals surface area (Å²) in [5, 5.41) is 18.8. The van der Waals surface area contributed by atoms with Gasteiger partial charge in [-0.1, -0.05) is 18.2 Å². The molecule has 3 rings (SSSR count). The number of halogens is 3. The smallest absolute Gasteiger partial charge is 0.405 e. The number of aromatic nitrogens is 3.